The zero-order valence-electron chi connectivity index (χ0n) is 12.4. The molecule has 0 bridgehead atoms. The number of ether oxygens (including phenoxy) is 1. The summed E-state index contributed by atoms with van der Waals surface area (Å²) in [6.07, 6.45) is -0.0269. The first-order valence-electron chi connectivity index (χ1n) is 6.73. The van der Waals surface area contributed by atoms with Gasteiger partial charge in [0.1, 0.15) is 17.4 Å². The predicted molar refractivity (Wildman–Crippen MR) is 77.2 cm³/mol. The van der Waals surface area contributed by atoms with Gasteiger partial charge < -0.3 is 20.3 Å². The van der Waals surface area contributed by atoms with E-state index in [1.165, 1.54) is 12.1 Å². The molecule has 1 unspecified atom stereocenters. The molecule has 0 aromatic heterocycles. The number of benzene rings is 1. The van der Waals surface area contributed by atoms with Crippen LogP contribution in [0.15, 0.2) is 24.3 Å². The van der Waals surface area contributed by atoms with Crippen LogP contribution in [0.4, 0.5) is 4.79 Å². The summed E-state index contributed by atoms with van der Waals surface area (Å²) in [6, 6.07) is 5.05. The lowest BCUT2D eigenvalue weighted by Gasteiger charge is -2.24. The molecule has 0 saturated carbocycles. The maximum absolute atomic E-state index is 11.7. The summed E-state index contributed by atoms with van der Waals surface area (Å²) in [5, 5.41) is 20.7. The summed E-state index contributed by atoms with van der Waals surface area (Å²) >= 11 is 0. The Kier molecular flexibility index (Phi) is 5.58. The lowest BCUT2D eigenvalue weighted by molar-refractivity contribution is -0.139. The van der Waals surface area contributed by atoms with Gasteiger partial charge in [0.25, 0.3) is 0 Å². The first kappa shape index (κ1) is 16.8. The van der Waals surface area contributed by atoms with Crippen molar-refractivity contribution in [3.63, 3.8) is 0 Å². The number of amides is 1. The highest BCUT2D eigenvalue weighted by atomic mass is 16.6. The van der Waals surface area contributed by atoms with Crippen molar-refractivity contribution in [2.24, 2.45) is 0 Å². The minimum atomic E-state index is -1.14. The Balaban J connectivity index is 2.68. The number of carbonyl (C=O) groups excluding carboxylic acids is 1. The van der Waals surface area contributed by atoms with Crippen molar-refractivity contribution in [2.75, 3.05) is 0 Å². The number of hydrogen-bond donors (Lipinski definition) is 3. The molecule has 1 aromatic rings. The first-order valence-corrected chi connectivity index (χ1v) is 6.73. The van der Waals surface area contributed by atoms with Gasteiger partial charge in [0, 0.05) is 6.42 Å². The summed E-state index contributed by atoms with van der Waals surface area (Å²) in [4.78, 5) is 23.0. The van der Waals surface area contributed by atoms with Crippen LogP contribution in [-0.4, -0.2) is 33.9 Å². The fourth-order valence-electron chi connectivity index (χ4n) is 1.56. The van der Waals surface area contributed by atoms with Gasteiger partial charge in [0.05, 0.1) is 0 Å². The van der Waals surface area contributed by atoms with Gasteiger partial charge in [-0.1, -0.05) is 19.1 Å². The van der Waals surface area contributed by atoms with Crippen molar-refractivity contribution in [1.29, 1.82) is 0 Å². The van der Waals surface area contributed by atoms with Crippen LogP contribution in [0.5, 0.6) is 5.75 Å². The smallest absolute Gasteiger partial charge is 0.408 e. The number of carbonyl (C=O) groups is 2. The van der Waals surface area contributed by atoms with Crippen LogP contribution >= 0.6 is 0 Å². The highest BCUT2D eigenvalue weighted by molar-refractivity contribution is 5.80. The molecule has 0 heterocycles. The Morgan fingerprint density at radius 1 is 1.29 bits per heavy atom. The summed E-state index contributed by atoms with van der Waals surface area (Å²) < 4.78 is 5.17. The second-order valence-electron chi connectivity index (χ2n) is 5.41. The third-order valence-electron chi connectivity index (χ3n) is 3.19. The molecule has 6 nitrogen and oxygen atoms in total. The lowest BCUT2D eigenvalue weighted by atomic mass is 10.1. The standard InChI is InChI=1S/C15H21NO5/c1-4-15(2,3)21-14(20)16-12(13(18)19)9-10-5-7-11(17)8-6-10/h5-8,12,17H,4,9H2,1-3H3,(H,16,20)(H,18,19). The molecule has 0 aliphatic carbocycles. The van der Waals surface area contributed by atoms with E-state index in [-0.39, 0.29) is 12.2 Å². The Morgan fingerprint density at radius 2 is 1.86 bits per heavy atom. The molecule has 6 heteroatoms. The van der Waals surface area contributed by atoms with E-state index in [1.54, 1.807) is 26.0 Å². The summed E-state index contributed by atoms with van der Waals surface area (Å²) in [5.41, 5.74) is 0.0429. The van der Waals surface area contributed by atoms with Gasteiger partial charge in [-0.15, -0.1) is 0 Å². The van der Waals surface area contributed by atoms with Crippen molar-refractivity contribution < 1.29 is 24.5 Å². The number of phenolic OH excluding ortho intramolecular Hbond substituents is 1. The van der Waals surface area contributed by atoms with E-state index in [4.69, 9.17) is 4.74 Å². The van der Waals surface area contributed by atoms with Gasteiger partial charge in [0.15, 0.2) is 0 Å². The normalized spacial score (nSPS) is 12.5. The van der Waals surface area contributed by atoms with Crippen molar-refractivity contribution in [1.82, 2.24) is 5.32 Å². The molecule has 21 heavy (non-hydrogen) atoms. The monoisotopic (exact) mass is 295 g/mol. The van der Waals surface area contributed by atoms with E-state index >= 15 is 0 Å². The molecule has 0 fully saturated rings. The van der Waals surface area contributed by atoms with Gasteiger partial charge in [-0.2, -0.15) is 0 Å². The average molecular weight is 295 g/mol. The minimum absolute atomic E-state index is 0.0997. The Bertz CT molecular complexity index is 495. The second-order valence-corrected chi connectivity index (χ2v) is 5.41. The van der Waals surface area contributed by atoms with Crippen LogP contribution in [0.2, 0.25) is 0 Å². The van der Waals surface area contributed by atoms with Gasteiger partial charge in [0.2, 0.25) is 0 Å². The van der Waals surface area contributed by atoms with Crippen molar-refractivity contribution in [3.05, 3.63) is 29.8 Å². The van der Waals surface area contributed by atoms with E-state index < -0.39 is 23.7 Å². The van der Waals surface area contributed by atoms with Crippen molar-refractivity contribution in [2.45, 2.75) is 45.3 Å². The molecule has 0 aliphatic heterocycles. The van der Waals surface area contributed by atoms with Crippen molar-refractivity contribution in [3.8, 4) is 5.75 Å². The van der Waals surface area contributed by atoms with Crippen LogP contribution in [0.3, 0.4) is 0 Å². The molecule has 0 spiro atoms. The highest BCUT2D eigenvalue weighted by Crippen LogP contribution is 2.14. The largest absolute Gasteiger partial charge is 0.508 e. The van der Waals surface area contributed by atoms with E-state index in [1.807, 2.05) is 6.92 Å². The van der Waals surface area contributed by atoms with E-state index in [0.29, 0.717) is 12.0 Å². The van der Waals surface area contributed by atoms with Crippen LogP contribution in [0, 0.1) is 0 Å². The number of rotatable bonds is 6. The fourth-order valence-corrected chi connectivity index (χ4v) is 1.56. The molecule has 1 rings (SSSR count). The summed E-state index contributed by atoms with van der Waals surface area (Å²) in [5.74, 6) is -1.04. The number of carboxylic acid groups (broad SMARTS) is 1. The Hall–Kier alpha value is -2.24. The molecule has 3 N–H and O–H groups in total. The number of nitrogens with one attached hydrogen (secondary N) is 1. The number of carboxylic acids is 1. The third kappa shape index (κ3) is 5.72. The minimum Gasteiger partial charge on any atom is -0.508 e. The number of hydrogen-bond acceptors (Lipinski definition) is 4. The number of phenols is 1. The number of alkyl carbamates (subject to hydrolysis) is 1. The van der Waals surface area contributed by atoms with E-state index in [0.717, 1.165) is 0 Å². The van der Waals surface area contributed by atoms with Crippen LogP contribution in [0.25, 0.3) is 0 Å². The molecular formula is C15H21NO5. The van der Waals surface area contributed by atoms with E-state index in [9.17, 15) is 19.8 Å². The van der Waals surface area contributed by atoms with E-state index in [2.05, 4.69) is 5.32 Å². The van der Waals surface area contributed by atoms with Crippen molar-refractivity contribution >= 4 is 12.1 Å². The summed E-state index contributed by atoms with van der Waals surface area (Å²) in [6.45, 7) is 5.38. The average Bonchev–Trinajstić information content (AvgIpc) is 2.39. The molecule has 0 saturated heterocycles. The maximum Gasteiger partial charge on any atom is 0.408 e. The zero-order valence-corrected chi connectivity index (χ0v) is 12.4. The molecular weight excluding hydrogens is 274 g/mol. The lowest BCUT2D eigenvalue weighted by Crippen LogP contribution is -2.45. The number of aliphatic carboxylic acids is 1. The first-order chi connectivity index (χ1) is 9.73. The molecule has 116 valence electrons. The van der Waals surface area contributed by atoms with Gasteiger partial charge >= 0.3 is 12.1 Å². The third-order valence-corrected chi connectivity index (χ3v) is 3.19. The van der Waals surface area contributed by atoms with Gasteiger partial charge in [-0.05, 0) is 38.0 Å². The zero-order chi connectivity index (χ0) is 16.0. The summed E-state index contributed by atoms with van der Waals surface area (Å²) in [7, 11) is 0. The number of aromatic hydroxyl groups is 1. The highest BCUT2D eigenvalue weighted by Gasteiger charge is 2.25. The topological polar surface area (TPSA) is 95.9 Å². The van der Waals surface area contributed by atoms with Gasteiger partial charge in [-0.25, -0.2) is 9.59 Å². The molecule has 0 radical (unpaired) electrons. The molecule has 1 atom stereocenters. The Labute approximate surface area is 123 Å². The molecule has 1 aromatic carbocycles. The van der Waals surface area contributed by atoms with Crippen LogP contribution in [0.1, 0.15) is 32.8 Å². The van der Waals surface area contributed by atoms with Crippen LogP contribution < -0.4 is 5.32 Å². The second kappa shape index (κ2) is 6.97. The quantitative estimate of drug-likeness (QED) is 0.748. The molecule has 0 aliphatic rings. The molecule has 1 amide bonds. The predicted octanol–water partition coefficient (Wildman–Crippen LogP) is 2.30. The SMILES string of the molecule is CCC(C)(C)OC(=O)NC(Cc1ccc(O)cc1)C(=O)O. The maximum atomic E-state index is 11.7. The van der Waals surface area contributed by atoms with Crippen LogP contribution in [-0.2, 0) is 16.0 Å². The Morgan fingerprint density at radius 3 is 2.33 bits per heavy atom. The fraction of sp³-hybridized carbons (Fsp3) is 0.467. The van der Waals surface area contributed by atoms with Gasteiger partial charge in [-0.3, -0.25) is 0 Å².